The number of carbonyl (C=O) groups excluding carboxylic acids is 2. The predicted octanol–water partition coefficient (Wildman–Crippen LogP) is 4.88. The van der Waals surface area contributed by atoms with Crippen molar-refractivity contribution in [3.63, 3.8) is 0 Å². The van der Waals surface area contributed by atoms with Crippen molar-refractivity contribution in [3.8, 4) is 11.1 Å². The molecule has 2 heterocycles. The Morgan fingerprint density at radius 1 is 0.800 bits per heavy atom. The number of aromatic nitrogens is 1. The molecule has 35 heavy (non-hydrogen) atoms. The summed E-state index contributed by atoms with van der Waals surface area (Å²) in [7, 11) is 2.08. The minimum atomic E-state index is -0.170. The van der Waals surface area contributed by atoms with E-state index in [2.05, 4.69) is 33.6 Å². The van der Waals surface area contributed by atoms with Crippen molar-refractivity contribution in [2.75, 3.05) is 12.4 Å². The highest BCUT2D eigenvalue weighted by atomic mass is 16.2. The minimum absolute atomic E-state index is 0.163. The van der Waals surface area contributed by atoms with Gasteiger partial charge in [-0.2, -0.15) is 0 Å². The van der Waals surface area contributed by atoms with Gasteiger partial charge in [-0.05, 0) is 83.4 Å². The standard InChI is InChI=1S/C29H26N4O2/c1-33-18-25-9-10-27(16-26(25)19-33)32-29(35)24-4-2-3-20(15-24)17-31-28(34)23-7-5-21(6-8-23)22-11-13-30-14-12-22/h2-16H,17-19H2,1H3,(H,31,34)(H,32,35). The Kier molecular flexibility index (Phi) is 6.37. The van der Waals surface area contributed by atoms with Crippen LogP contribution in [-0.4, -0.2) is 28.7 Å². The first-order chi connectivity index (χ1) is 17.0. The largest absolute Gasteiger partial charge is 0.348 e. The lowest BCUT2D eigenvalue weighted by molar-refractivity contribution is 0.0950. The zero-order valence-corrected chi connectivity index (χ0v) is 19.5. The van der Waals surface area contributed by atoms with Crippen LogP contribution in [0.4, 0.5) is 5.69 Å². The molecule has 6 nitrogen and oxygen atoms in total. The molecule has 3 aromatic carbocycles. The van der Waals surface area contributed by atoms with Gasteiger partial charge in [0.1, 0.15) is 0 Å². The van der Waals surface area contributed by atoms with E-state index in [0.717, 1.165) is 35.5 Å². The van der Waals surface area contributed by atoms with Crippen LogP contribution in [-0.2, 0) is 19.6 Å². The zero-order chi connectivity index (χ0) is 24.2. The van der Waals surface area contributed by atoms with Crippen molar-refractivity contribution in [2.45, 2.75) is 19.6 Å². The molecule has 0 saturated carbocycles. The van der Waals surface area contributed by atoms with E-state index in [1.807, 2.05) is 66.7 Å². The molecule has 0 bridgehead atoms. The van der Waals surface area contributed by atoms with Gasteiger partial charge < -0.3 is 10.6 Å². The van der Waals surface area contributed by atoms with Crippen LogP contribution in [0.5, 0.6) is 0 Å². The zero-order valence-electron chi connectivity index (χ0n) is 19.5. The highest BCUT2D eigenvalue weighted by Gasteiger charge is 2.16. The van der Waals surface area contributed by atoms with Gasteiger partial charge in [0.15, 0.2) is 0 Å². The summed E-state index contributed by atoms with van der Waals surface area (Å²) in [6, 6.07) is 24.7. The first kappa shape index (κ1) is 22.5. The number of nitrogens with zero attached hydrogens (tertiary/aromatic N) is 2. The SMILES string of the molecule is CN1Cc2ccc(NC(=O)c3cccc(CNC(=O)c4ccc(-c5ccncc5)cc4)c3)cc2C1. The number of pyridine rings is 1. The van der Waals surface area contributed by atoms with E-state index in [0.29, 0.717) is 17.7 Å². The lowest BCUT2D eigenvalue weighted by atomic mass is 10.0. The van der Waals surface area contributed by atoms with Crippen molar-refractivity contribution in [3.05, 3.63) is 119 Å². The Labute approximate surface area is 204 Å². The summed E-state index contributed by atoms with van der Waals surface area (Å²) in [5.74, 6) is -0.333. The molecule has 2 N–H and O–H groups in total. The van der Waals surface area contributed by atoms with Crippen LogP contribution < -0.4 is 10.6 Å². The van der Waals surface area contributed by atoms with E-state index < -0.39 is 0 Å². The van der Waals surface area contributed by atoms with Gasteiger partial charge in [0.2, 0.25) is 0 Å². The monoisotopic (exact) mass is 462 g/mol. The molecule has 0 radical (unpaired) electrons. The maximum absolute atomic E-state index is 12.8. The van der Waals surface area contributed by atoms with Crippen LogP contribution >= 0.6 is 0 Å². The lowest BCUT2D eigenvalue weighted by Gasteiger charge is -2.10. The third kappa shape index (κ3) is 5.28. The number of amides is 2. The summed E-state index contributed by atoms with van der Waals surface area (Å²) in [6.45, 7) is 2.16. The molecule has 2 amide bonds. The maximum atomic E-state index is 12.8. The number of nitrogens with one attached hydrogen (secondary N) is 2. The van der Waals surface area contributed by atoms with Gasteiger partial charge in [-0.15, -0.1) is 0 Å². The maximum Gasteiger partial charge on any atom is 0.255 e. The number of hydrogen-bond donors (Lipinski definition) is 2. The quantitative estimate of drug-likeness (QED) is 0.429. The third-order valence-electron chi connectivity index (χ3n) is 6.15. The van der Waals surface area contributed by atoms with Gasteiger partial charge in [0.25, 0.3) is 11.8 Å². The van der Waals surface area contributed by atoms with Crippen LogP contribution in [0.2, 0.25) is 0 Å². The summed E-state index contributed by atoms with van der Waals surface area (Å²) in [5, 5.41) is 5.93. The fourth-order valence-electron chi connectivity index (χ4n) is 4.31. The molecule has 1 aliphatic heterocycles. The Bertz CT molecular complexity index is 1370. The highest BCUT2D eigenvalue weighted by molar-refractivity contribution is 6.04. The molecule has 0 spiro atoms. The van der Waals surface area contributed by atoms with Crippen LogP contribution in [0.3, 0.4) is 0 Å². The molecule has 4 aromatic rings. The average Bonchev–Trinajstić information content (AvgIpc) is 3.27. The summed E-state index contributed by atoms with van der Waals surface area (Å²) in [4.78, 5) is 31.7. The Morgan fingerprint density at radius 2 is 1.54 bits per heavy atom. The molecule has 0 unspecified atom stereocenters. The summed E-state index contributed by atoms with van der Waals surface area (Å²) >= 11 is 0. The van der Waals surface area contributed by atoms with Crippen molar-refractivity contribution in [1.29, 1.82) is 0 Å². The molecule has 0 fully saturated rings. The first-order valence-corrected chi connectivity index (χ1v) is 11.5. The van der Waals surface area contributed by atoms with Crippen LogP contribution in [0.15, 0.2) is 91.3 Å². The van der Waals surface area contributed by atoms with Crippen molar-refractivity contribution in [2.24, 2.45) is 0 Å². The molecule has 0 atom stereocenters. The van der Waals surface area contributed by atoms with Gasteiger partial charge in [0.05, 0.1) is 0 Å². The molecule has 1 aliphatic rings. The van der Waals surface area contributed by atoms with Gasteiger partial charge in [0, 0.05) is 48.8 Å². The van der Waals surface area contributed by atoms with Crippen molar-refractivity contribution < 1.29 is 9.59 Å². The number of fused-ring (bicyclic) bond motifs is 1. The lowest BCUT2D eigenvalue weighted by Crippen LogP contribution is -2.23. The fourth-order valence-corrected chi connectivity index (χ4v) is 4.31. The topological polar surface area (TPSA) is 74.3 Å². The minimum Gasteiger partial charge on any atom is -0.348 e. The number of hydrogen-bond acceptors (Lipinski definition) is 4. The van der Waals surface area contributed by atoms with E-state index in [1.54, 1.807) is 18.5 Å². The second-order valence-corrected chi connectivity index (χ2v) is 8.81. The van der Waals surface area contributed by atoms with Crippen LogP contribution in [0, 0.1) is 0 Å². The Balaban J connectivity index is 1.20. The van der Waals surface area contributed by atoms with E-state index in [4.69, 9.17) is 0 Å². The summed E-state index contributed by atoms with van der Waals surface area (Å²) in [5.41, 5.74) is 7.40. The Hall–Kier alpha value is -4.29. The first-order valence-electron chi connectivity index (χ1n) is 11.5. The third-order valence-corrected chi connectivity index (χ3v) is 6.15. The summed E-state index contributed by atoms with van der Waals surface area (Å²) < 4.78 is 0. The van der Waals surface area contributed by atoms with Crippen molar-refractivity contribution >= 4 is 17.5 Å². The van der Waals surface area contributed by atoms with Gasteiger partial charge >= 0.3 is 0 Å². The molecule has 0 saturated heterocycles. The summed E-state index contributed by atoms with van der Waals surface area (Å²) in [6.07, 6.45) is 3.49. The number of anilines is 1. The smallest absolute Gasteiger partial charge is 0.255 e. The van der Waals surface area contributed by atoms with E-state index >= 15 is 0 Å². The van der Waals surface area contributed by atoms with Gasteiger partial charge in [-0.3, -0.25) is 19.5 Å². The van der Waals surface area contributed by atoms with E-state index in [-0.39, 0.29) is 11.8 Å². The van der Waals surface area contributed by atoms with Crippen molar-refractivity contribution in [1.82, 2.24) is 15.2 Å². The molecule has 174 valence electrons. The number of carbonyl (C=O) groups is 2. The average molecular weight is 463 g/mol. The number of benzene rings is 3. The Morgan fingerprint density at radius 3 is 2.34 bits per heavy atom. The van der Waals surface area contributed by atoms with E-state index in [1.165, 1.54) is 11.1 Å². The second-order valence-electron chi connectivity index (χ2n) is 8.81. The molecule has 6 heteroatoms. The molecule has 5 rings (SSSR count). The molecule has 1 aromatic heterocycles. The van der Waals surface area contributed by atoms with Crippen LogP contribution in [0.1, 0.15) is 37.4 Å². The predicted molar refractivity (Wildman–Crippen MR) is 137 cm³/mol. The van der Waals surface area contributed by atoms with Gasteiger partial charge in [-0.1, -0.05) is 30.3 Å². The van der Waals surface area contributed by atoms with E-state index in [9.17, 15) is 9.59 Å². The fraction of sp³-hybridized carbons (Fsp3) is 0.138. The second kappa shape index (κ2) is 9.91. The van der Waals surface area contributed by atoms with Crippen LogP contribution in [0.25, 0.3) is 11.1 Å². The number of rotatable bonds is 6. The highest BCUT2D eigenvalue weighted by Crippen LogP contribution is 2.25. The van der Waals surface area contributed by atoms with Gasteiger partial charge in [-0.25, -0.2) is 0 Å². The molecule has 0 aliphatic carbocycles. The normalized spacial score (nSPS) is 12.7. The molecular formula is C29H26N4O2. The molecular weight excluding hydrogens is 436 g/mol.